The van der Waals surface area contributed by atoms with E-state index in [0.29, 0.717) is 0 Å². The van der Waals surface area contributed by atoms with Gasteiger partial charge in [0.1, 0.15) is 5.01 Å². The number of benzene rings is 4. The van der Waals surface area contributed by atoms with Crippen LogP contribution in [0.15, 0.2) is 97.1 Å². The number of fused-ring (bicyclic) bond motifs is 3. The smallest absolute Gasteiger partial charge is 0.173 e. The predicted molar refractivity (Wildman–Crippen MR) is 134 cm³/mol. The molecule has 6 rings (SSSR count). The first-order valence-electron chi connectivity index (χ1n) is 10.9. The monoisotopic (exact) mass is 430 g/mol. The maximum absolute atomic E-state index is 4.91. The molecule has 4 aromatic carbocycles. The van der Waals surface area contributed by atoms with Crippen molar-refractivity contribution in [3.05, 3.63) is 108 Å². The fraction of sp³-hybridized carbons (Fsp3) is 0.103. The third-order valence-corrected chi connectivity index (χ3v) is 7.25. The Bertz CT molecular complexity index is 1450. The zero-order valence-corrected chi connectivity index (χ0v) is 18.9. The minimum atomic E-state index is 0.0224. The van der Waals surface area contributed by atoms with Gasteiger partial charge in [0, 0.05) is 16.5 Å². The molecular formula is C29H22N2S. The fourth-order valence-corrected chi connectivity index (χ4v) is 5.46. The topological polar surface area (TPSA) is 25.8 Å². The maximum atomic E-state index is 4.91. The third kappa shape index (κ3) is 3.01. The molecule has 0 saturated heterocycles. The van der Waals surface area contributed by atoms with Crippen LogP contribution >= 0.6 is 11.5 Å². The Labute approximate surface area is 192 Å². The second-order valence-electron chi connectivity index (χ2n) is 8.80. The number of aromatic nitrogens is 2. The van der Waals surface area contributed by atoms with Crippen LogP contribution in [0.3, 0.4) is 0 Å². The highest BCUT2D eigenvalue weighted by atomic mass is 32.1. The van der Waals surface area contributed by atoms with Crippen molar-refractivity contribution in [1.29, 1.82) is 0 Å². The summed E-state index contributed by atoms with van der Waals surface area (Å²) >= 11 is 1.46. The highest BCUT2D eigenvalue weighted by Gasteiger charge is 2.35. The molecule has 0 atom stereocenters. The largest absolute Gasteiger partial charge is 0.215 e. The average molecular weight is 431 g/mol. The van der Waals surface area contributed by atoms with Gasteiger partial charge in [0.15, 0.2) is 5.82 Å². The van der Waals surface area contributed by atoms with Gasteiger partial charge in [-0.1, -0.05) is 98.8 Å². The lowest BCUT2D eigenvalue weighted by Crippen LogP contribution is -2.14. The van der Waals surface area contributed by atoms with Crippen LogP contribution in [0, 0.1) is 0 Å². The van der Waals surface area contributed by atoms with Crippen molar-refractivity contribution < 1.29 is 0 Å². The van der Waals surface area contributed by atoms with E-state index in [1.54, 1.807) is 0 Å². The lowest BCUT2D eigenvalue weighted by atomic mass is 9.82. The minimum Gasteiger partial charge on any atom is -0.215 e. The van der Waals surface area contributed by atoms with Crippen LogP contribution in [0.1, 0.15) is 25.0 Å². The predicted octanol–water partition coefficient (Wildman–Crippen LogP) is 7.85. The molecule has 1 heterocycles. The average Bonchev–Trinajstić information content (AvgIpc) is 3.42. The van der Waals surface area contributed by atoms with Gasteiger partial charge in [-0.2, -0.15) is 4.37 Å². The Kier molecular flexibility index (Phi) is 4.34. The number of hydrogen-bond donors (Lipinski definition) is 0. The van der Waals surface area contributed by atoms with E-state index in [-0.39, 0.29) is 5.41 Å². The summed E-state index contributed by atoms with van der Waals surface area (Å²) in [4.78, 5) is 4.91. The van der Waals surface area contributed by atoms with E-state index in [1.807, 2.05) is 6.07 Å². The van der Waals surface area contributed by atoms with Crippen LogP contribution < -0.4 is 0 Å². The van der Waals surface area contributed by atoms with Crippen molar-refractivity contribution in [2.24, 2.45) is 0 Å². The molecule has 5 aromatic rings. The van der Waals surface area contributed by atoms with Gasteiger partial charge in [0.25, 0.3) is 0 Å². The van der Waals surface area contributed by atoms with Gasteiger partial charge in [-0.15, -0.1) is 0 Å². The van der Waals surface area contributed by atoms with Gasteiger partial charge in [0.2, 0.25) is 0 Å². The minimum absolute atomic E-state index is 0.0224. The lowest BCUT2D eigenvalue weighted by molar-refractivity contribution is 0.660. The van der Waals surface area contributed by atoms with Crippen molar-refractivity contribution in [2.45, 2.75) is 19.3 Å². The first kappa shape index (κ1) is 19.1. The standard InChI is InChI=1S/C29H22N2S/c1-29(2)25-14-7-6-13-23(25)24-18-22(15-16-26(24)29)28-30-27(31-32-28)21-12-8-11-20(17-21)19-9-4-3-5-10-19/h3-18H,1-2H3. The zero-order valence-electron chi connectivity index (χ0n) is 18.0. The summed E-state index contributed by atoms with van der Waals surface area (Å²) in [7, 11) is 0. The Balaban J connectivity index is 1.38. The molecule has 0 amide bonds. The summed E-state index contributed by atoms with van der Waals surface area (Å²) in [5, 5.41) is 0.954. The van der Waals surface area contributed by atoms with Crippen LogP contribution in [-0.4, -0.2) is 9.36 Å². The van der Waals surface area contributed by atoms with Crippen molar-refractivity contribution in [1.82, 2.24) is 9.36 Å². The highest BCUT2D eigenvalue weighted by molar-refractivity contribution is 7.09. The number of hydrogen-bond acceptors (Lipinski definition) is 3. The van der Waals surface area contributed by atoms with E-state index in [9.17, 15) is 0 Å². The van der Waals surface area contributed by atoms with Gasteiger partial charge in [-0.3, -0.25) is 0 Å². The maximum Gasteiger partial charge on any atom is 0.173 e. The fourth-order valence-electron chi connectivity index (χ4n) is 4.78. The molecule has 1 aromatic heterocycles. The molecule has 154 valence electrons. The van der Waals surface area contributed by atoms with E-state index in [4.69, 9.17) is 9.36 Å². The van der Waals surface area contributed by atoms with E-state index < -0.39 is 0 Å². The molecule has 0 spiro atoms. The van der Waals surface area contributed by atoms with Gasteiger partial charge < -0.3 is 0 Å². The second-order valence-corrected chi connectivity index (χ2v) is 9.55. The molecule has 0 saturated carbocycles. The van der Waals surface area contributed by atoms with Crippen LogP contribution in [0.5, 0.6) is 0 Å². The van der Waals surface area contributed by atoms with Crippen molar-refractivity contribution in [3.63, 3.8) is 0 Å². The van der Waals surface area contributed by atoms with Crippen molar-refractivity contribution in [2.75, 3.05) is 0 Å². The number of rotatable bonds is 3. The summed E-state index contributed by atoms with van der Waals surface area (Å²) in [5.41, 5.74) is 9.97. The summed E-state index contributed by atoms with van der Waals surface area (Å²) in [6.07, 6.45) is 0. The summed E-state index contributed by atoms with van der Waals surface area (Å²) < 4.78 is 4.69. The van der Waals surface area contributed by atoms with Crippen LogP contribution in [0.25, 0.3) is 44.2 Å². The van der Waals surface area contributed by atoms with Gasteiger partial charge in [-0.25, -0.2) is 4.98 Å². The molecule has 0 bridgehead atoms. The SMILES string of the molecule is CC1(C)c2ccccc2-c2cc(-c3nc(-c4cccc(-c5ccccc5)c4)ns3)ccc21. The molecule has 2 nitrogen and oxygen atoms in total. The Hall–Kier alpha value is -3.56. The van der Waals surface area contributed by atoms with Crippen LogP contribution in [-0.2, 0) is 5.41 Å². The van der Waals surface area contributed by atoms with Crippen molar-refractivity contribution >= 4 is 11.5 Å². The van der Waals surface area contributed by atoms with Crippen molar-refractivity contribution in [3.8, 4) is 44.2 Å². The van der Waals surface area contributed by atoms with E-state index in [2.05, 4.69) is 105 Å². The Morgan fingerprint density at radius 2 is 1.31 bits per heavy atom. The normalized spacial score (nSPS) is 13.6. The highest BCUT2D eigenvalue weighted by Crippen LogP contribution is 2.49. The van der Waals surface area contributed by atoms with Gasteiger partial charge in [-0.05, 0) is 57.0 Å². The van der Waals surface area contributed by atoms with Gasteiger partial charge in [0.05, 0.1) is 0 Å². The second kappa shape index (κ2) is 7.25. The molecule has 32 heavy (non-hydrogen) atoms. The van der Waals surface area contributed by atoms with Gasteiger partial charge >= 0.3 is 0 Å². The van der Waals surface area contributed by atoms with E-state index in [0.717, 1.165) is 22.0 Å². The zero-order chi connectivity index (χ0) is 21.7. The molecule has 0 fully saturated rings. The quantitative estimate of drug-likeness (QED) is 0.291. The molecule has 0 aliphatic heterocycles. The third-order valence-electron chi connectivity index (χ3n) is 6.48. The molecule has 1 aliphatic carbocycles. The first-order chi connectivity index (χ1) is 15.6. The Morgan fingerprint density at radius 3 is 2.19 bits per heavy atom. The first-order valence-corrected chi connectivity index (χ1v) is 11.6. The molecular weight excluding hydrogens is 408 g/mol. The molecule has 1 aliphatic rings. The van der Waals surface area contributed by atoms with Crippen LogP contribution in [0.4, 0.5) is 0 Å². The van der Waals surface area contributed by atoms with Crippen LogP contribution in [0.2, 0.25) is 0 Å². The Morgan fingerprint density at radius 1 is 0.594 bits per heavy atom. The number of nitrogens with zero attached hydrogens (tertiary/aromatic N) is 2. The summed E-state index contributed by atoms with van der Waals surface area (Å²) in [6, 6.07) is 34.4. The lowest BCUT2D eigenvalue weighted by Gasteiger charge is -2.21. The molecule has 3 heteroatoms. The summed E-state index contributed by atoms with van der Waals surface area (Å²) in [6.45, 7) is 4.61. The van der Waals surface area contributed by atoms with E-state index >= 15 is 0 Å². The molecule has 0 unspecified atom stereocenters. The molecule has 0 N–H and O–H groups in total. The van der Waals surface area contributed by atoms with E-state index in [1.165, 1.54) is 44.9 Å². The summed E-state index contributed by atoms with van der Waals surface area (Å²) in [5.74, 6) is 0.781. The molecule has 0 radical (unpaired) electrons.